The van der Waals surface area contributed by atoms with Crippen molar-refractivity contribution in [3.05, 3.63) is 48.5 Å². The summed E-state index contributed by atoms with van der Waals surface area (Å²) in [6, 6.07) is 14.4. The molecule has 0 radical (unpaired) electrons. The molecule has 0 unspecified atom stereocenters. The van der Waals surface area contributed by atoms with Gasteiger partial charge in [0.1, 0.15) is 5.75 Å². The van der Waals surface area contributed by atoms with Gasteiger partial charge in [-0.05, 0) is 24.3 Å². The first-order chi connectivity index (χ1) is 12.6. The number of benzene rings is 2. The lowest BCUT2D eigenvalue weighted by Crippen LogP contribution is -2.39. The second kappa shape index (κ2) is 8.24. The standard InChI is InChI=1S/C19H20N2O5/c1-14(22)21(15-7-8-17-18(11-15)26-13-25-17)10-9-20-19(23)12-24-16-5-3-2-4-6-16/h2-8,11H,9-10,12-13H2,1H3,(H,20,23). The lowest BCUT2D eigenvalue weighted by Gasteiger charge is -2.21. The largest absolute Gasteiger partial charge is 0.484 e. The van der Waals surface area contributed by atoms with Crippen LogP contribution in [0.5, 0.6) is 17.2 Å². The third-order valence-corrected chi connectivity index (χ3v) is 3.82. The molecule has 7 heteroatoms. The monoisotopic (exact) mass is 356 g/mol. The van der Waals surface area contributed by atoms with Gasteiger partial charge in [-0.1, -0.05) is 18.2 Å². The van der Waals surface area contributed by atoms with E-state index >= 15 is 0 Å². The number of rotatable bonds is 7. The van der Waals surface area contributed by atoms with E-state index in [9.17, 15) is 9.59 Å². The first-order valence-corrected chi connectivity index (χ1v) is 8.26. The van der Waals surface area contributed by atoms with Crippen molar-refractivity contribution < 1.29 is 23.8 Å². The molecule has 0 bridgehead atoms. The molecular weight excluding hydrogens is 336 g/mol. The van der Waals surface area contributed by atoms with Crippen LogP contribution in [0.25, 0.3) is 0 Å². The molecule has 2 aromatic rings. The van der Waals surface area contributed by atoms with Crippen molar-refractivity contribution in [2.45, 2.75) is 6.92 Å². The number of hydrogen-bond donors (Lipinski definition) is 1. The second-order valence-corrected chi connectivity index (χ2v) is 5.66. The molecule has 0 fully saturated rings. The predicted molar refractivity (Wildman–Crippen MR) is 95.5 cm³/mol. The quantitative estimate of drug-likeness (QED) is 0.821. The van der Waals surface area contributed by atoms with E-state index in [1.807, 2.05) is 18.2 Å². The summed E-state index contributed by atoms with van der Waals surface area (Å²) in [6.07, 6.45) is 0. The van der Waals surface area contributed by atoms with Crippen molar-refractivity contribution in [1.29, 1.82) is 0 Å². The molecule has 1 N–H and O–H groups in total. The number of anilines is 1. The zero-order valence-electron chi connectivity index (χ0n) is 14.4. The van der Waals surface area contributed by atoms with Crippen molar-refractivity contribution in [1.82, 2.24) is 5.32 Å². The first kappa shape index (κ1) is 17.6. The molecule has 1 aliphatic rings. The lowest BCUT2D eigenvalue weighted by molar-refractivity contribution is -0.123. The Labute approximate surface area is 151 Å². The molecule has 1 heterocycles. The summed E-state index contributed by atoms with van der Waals surface area (Å²) >= 11 is 0. The average Bonchev–Trinajstić information content (AvgIpc) is 3.12. The summed E-state index contributed by atoms with van der Waals surface area (Å²) < 4.78 is 16.0. The molecule has 2 aromatic carbocycles. The summed E-state index contributed by atoms with van der Waals surface area (Å²) in [6.45, 7) is 2.23. The van der Waals surface area contributed by atoms with Gasteiger partial charge in [0.15, 0.2) is 18.1 Å². The van der Waals surface area contributed by atoms with E-state index in [0.29, 0.717) is 36.0 Å². The molecule has 0 aromatic heterocycles. The Balaban J connectivity index is 1.49. The topological polar surface area (TPSA) is 77.1 Å². The van der Waals surface area contributed by atoms with Crippen molar-refractivity contribution >= 4 is 17.5 Å². The number of hydrogen-bond acceptors (Lipinski definition) is 5. The fourth-order valence-corrected chi connectivity index (χ4v) is 2.55. The third kappa shape index (κ3) is 4.44. The molecular formula is C19H20N2O5. The van der Waals surface area contributed by atoms with E-state index in [4.69, 9.17) is 14.2 Å². The molecule has 7 nitrogen and oxygen atoms in total. The fourth-order valence-electron chi connectivity index (χ4n) is 2.55. The molecule has 0 atom stereocenters. The van der Waals surface area contributed by atoms with E-state index in [1.165, 1.54) is 6.92 Å². The Morgan fingerprint density at radius 3 is 2.65 bits per heavy atom. The first-order valence-electron chi connectivity index (χ1n) is 8.26. The predicted octanol–water partition coefficient (Wildman–Crippen LogP) is 1.96. The normalized spacial score (nSPS) is 11.7. The Morgan fingerprint density at radius 1 is 1.12 bits per heavy atom. The maximum absolute atomic E-state index is 11.9. The van der Waals surface area contributed by atoms with E-state index in [1.54, 1.807) is 35.2 Å². The Kier molecular flexibility index (Phi) is 5.58. The van der Waals surface area contributed by atoms with Gasteiger partial charge >= 0.3 is 0 Å². The van der Waals surface area contributed by atoms with Crippen LogP contribution in [-0.4, -0.2) is 38.3 Å². The van der Waals surface area contributed by atoms with E-state index in [-0.39, 0.29) is 25.2 Å². The van der Waals surface area contributed by atoms with Crippen LogP contribution in [0.4, 0.5) is 5.69 Å². The zero-order valence-corrected chi connectivity index (χ0v) is 14.4. The van der Waals surface area contributed by atoms with Gasteiger partial charge in [0.2, 0.25) is 12.7 Å². The number of ether oxygens (including phenoxy) is 3. The summed E-state index contributed by atoms with van der Waals surface area (Å²) in [5, 5.41) is 2.75. The van der Waals surface area contributed by atoms with Crippen molar-refractivity contribution in [3.63, 3.8) is 0 Å². The van der Waals surface area contributed by atoms with Crippen LogP contribution in [0.2, 0.25) is 0 Å². The summed E-state index contributed by atoms with van der Waals surface area (Å²) in [7, 11) is 0. The number of carbonyl (C=O) groups is 2. The number of carbonyl (C=O) groups excluding carboxylic acids is 2. The highest BCUT2D eigenvalue weighted by atomic mass is 16.7. The fraction of sp³-hybridized carbons (Fsp3) is 0.263. The highest BCUT2D eigenvalue weighted by molar-refractivity contribution is 5.92. The molecule has 136 valence electrons. The number of amides is 2. The van der Waals surface area contributed by atoms with E-state index in [0.717, 1.165) is 0 Å². The molecule has 0 spiro atoms. The molecule has 0 aliphatic carbocycles. The number of fused-ring (bicyclic) bond motifs is 1. The molecule has 2 amide bonds. The Morgan fingerprint density at radius 2 is 1.88 bits per heavy atom. The third-order valence-electron chi connectivity index (χ3n) is 3.82. The summed E-state index contributed by atoms with van der Waals surface area (Å²) in [5.41, 5.74) is 0.691. The Hall–Kier alpha value is -3.22. The van der Waals surface area contributed by atoms with Crippen molar-refractivity contribution in [2.24, 2.45) is 0 Å². The van der Waals surface area contributed by atoms with E-state index in [2.05, 4.69) is 5.32 Å². The van der Waals surface area contributed by atoms with Crippen LogP contribution in [0.1, 0.15) is 6.92 Å². The van der Waals surface area contributed by atoms with Gasteiger partial charge in [-0.25, -0.2) is 0 Å². The van der Waals surface area contributed by atoms with Crippen LogP contribution in [0, 0.1) is 0 Å². The maximum atomic E-state index is 11.9. The Bertz CT molecular complexity index is 779. The minimum absolute atomic E-state index is 0.0753. The van der Waals surface area contributed by atoms with Gasteiger partial charge < -0.3 is 24.4 Å². The van der Waals surface area contributed by atoms with Crippen LogP contribution in [0.3, 0.4) is 0 Å². The number of para-hydroxylation sites is 1. The SMILES string of the molecule is CC(=O)N(CCNC(=O)COc1ccccc1)c1ccc2c(c1)OCO2. The lowest BCUT2D eigenvalue weighted by atomic mass is 10.2. The zero-order chi connectivity index (χ0) is 18.4. The average molecular weight is 356 g/mol. The van der Waals surface area contributed by atoms with Crippen LogP contribution < -0.4 is 24.4 Å². The van der Waals surface area contributed by atoms with Crippen molar-refractivity contribution in [2.75, 3.05) is 31.4 Å². The summed E-state index contributed by atoms with van der Waals surface area (Å²) in [5.74, 6) is 1.52. The maximum Gasteiger partial charge on any atom is 0.258 e. The van der Waals surface area contributed by atoms with Gasteiger partial charge in [0.05, 0.1) is 0 Å². The molecule has 3 rings (SSSR count). The highest BCUT2D eigenvalue weighted by Crippen LogP contribution is 2.35. The van der Waals surface area contributed by atoms with Gasteiger partial charge in [0, 0.05) is 31.8 Å². The van der Waals surface area contributed by atoms with Gasteiger partial charge in [0.25, 0.3) is 5.91 Å². The van der Waals surface area contributed by atoms with Gasteiger partial charge in [-0.15, -0.1) is 0 Å². The number of nitrogens with one attached hydrogen (secondary N) is 1. The minimum atomic E-state index is -0.247. The summed E-state index contributed by atoms with van der Waals surface area (Å²) in [4.78, 5) is 25.4. The minimum Gasteiger partial charge on any atom is -0.484 e. The highest BCUT2D eigenvalue weighted by Gasteiger charge is 2.18. The van der Waals surface area contributed by atoms with Gasteiger partial charge in [-0.3, -0.25) is 9.59 Å². The van der Waals surface area contributed by atoms with Gasteiger partial charge in [-0.2, -0.15) is 0 Å². The smallest absolute Gasteiger partial charge is 0.258 e. The second-order valence-electron chi connectivity index (χ2n) is 5.66. The molecule has 1 aliphatic heterocycles. The molecule has 0 saturated heterocycles. The molecule has 26 heavy (non-hydrogen) atoms. The van der Waals surface area contributed by atoms with Crippen LogP contribution in [-0.2, 0) is 9.59 Å². The van der Waals surface area contributed by atoms with Crippen molar-refractivity contribution in [3.8, 4) is 17.2 Å². The van der Waals surface area contributed by atoms with Crippen LogP contribution in [0.15, 0.2) is 48.5 Å². The van der Waals surface area contributed by atoms with Crippen LogP contribution >= 0.6 is 0 Å². The number of nitrogens with zero attached hydrogens (tertiary/aromatic N) is 1. The van der Waals surface area contributed by atoms with E-state index < -0.39 is 0 Å². The molecule has 0 saturated carbocycles.